The van der Waals surface area contributed by atoms with Crippen molar-refractivity contribution in [1.29, 1.82) is 0 Å². The van der Waals surface area contributed by atoms with E-state index in [-0.39, 0.29) is 25.4 Å². The zero-order valence-corrected chi connectivity index (χ0v) is 16.4. The maximum Gasteiger partial charge on any atom is 0.167 e. The molecular weight excluding hydrogens is 375 g/mol. The molecule has 0 fully saturated rings. The maximum absolute atomic E-state index is 12.9. The monoisotopic (exact) mass is 400 g/mol. The Bertz CT molecular complexity index is 826. The quantitative estimate of drug-likeness (QED) is 0.286. The number of halogens is 1. The largest absolute Gasteiger partial charge is 0.346 e. The molecule has 0 bridgehead atoms. The van der Waals surface area contributed by atoms with Crippen molar-refractivity contribution in [2.45, 2.75) is 35.5 Å². The zero-order chi connectivity index (χ0) is 18.9. The van der Waals surface area contributed by atoms with E-state index >= 15 is 0 Å². The smallest absolute Gasteiger partial charge is 0.167 e. The highest BCUT2D eigenvalue weighted by atomic mass is 32.2. The van der Waals surface area contributed by atoms with Crippen molar-refractivity contribution < 1.29 is 9.18 Å². The lowest BCUT2D eigenvalue weighted by atomic mass is 10.0. The van der Waals surface area contributed by atoms with Crippen LogP contribution in [0.2, 0.25) is 0 Å². The molecule has 3 rings (SSSR count). The van der Waals surface area contributed by atoms with Gasteiger partial charge in [0.05, 0.1) is 0 Å². The summed E-state index contributed by atoms with van der Waals surface area (Å²) < 4.78 is 12.9. The number of carbonyl (C=O) groups excluding carboxylic acids is 1. The number of Topliss-reactive ketones (excluding diaryl/α,β-unsaturated/α-hetero) is 1. The summed E-state index contributed by atoms with van der Waals surface area (Å²) in [5.41, 5.74) is 1.48. The Kier molecular flexibility index (Phi) is 9.90. The standard InChI is InChI=1S/C20H15FOS2.C2H5.CH4/c21-16-5-1-14(2-6-16)13-20(22)15-3-9-18(10-4-15)24-19-11-7-17(23)8-12-19;1-2;/h1-12,23H,13H2;1H2,2H3;1H4/q;-1;/p+1. The van der Waals surface area contributed by atoms with E-state index in [1.165, 1.54) is 12.1 Å². The van der Waals surface area contributed by atoms with Gasteiger partial charge in [-0.15, -0.1) is 0 Å². The average Bonchev–Trinajstić information content (AvgIpc) is 2.68. The van der Waals surface area contributed by atoms with Gasteiger partial charge in [-0.05, 0) is 66.7 Å². The Hall–Kier alpha value is -2.04. The van der Waals surface area contributed by atoms with E-state index < -0.39 is 0 Å². The molecule has 0 atom stereocenters. The molecule has 0 saturated heterocycles. The third-order valence-electron chi connectivity index (χ3n) is 3.54. The van der Waals surface area contributed by atoms with Crippen molar-refractivity contribution in [3.8, 4) is 0 Å². The first-order valence-corrected chi connectivity index (χ1v) is 9.50. The third-order valence-corrected chi connectivity index (χ3v) is 4.89. The number of hydrogen-bond acceptors (Lipinski definition) is 2. The molecule has 0 aliphatic rings. The van der Waals surface area contributed by atoms with Gasteiger partial charge in [-0.2, -0.15) is 6.92 Å². The molecule has 4 heteroatoms. The van der Waals surface area contributed by atoms with Gasteiger partial charge < -0.3 is 6.92 Å². The minimum Gasteiger partial charge on any atom is -0.346 e. The fourth-order valence-corrected chi connectivity index (χ4v) is 3.24. The number of ketones is 1. The molecule has 1 nitrogen and oxygen atoms in total. The first-order valence-electron chi connectivity index (χ1n) is 8.18. The molecule has 0 aromatic heterocycles. The Labute approximate surface area is 171 Å². The van der Waals surface area contributed by atoms with E-state index in [2.05, 4.69) is 19.6 Å². The summed E-state index contributed by atoms with van der Waals surface area (Å²) in [4.78, 5) is 15.6. The van der Waals surface area contributed by atoms with Gasteiger partial charge in [-0.25, -0.2) is 4.39 Å². The molecule has 0 unspecified atom stereocenters. The molecule has 0 aliphatic carbocycles. The Balaban J connectivity index is 0.00000118. The summed E-state index contributed by atoms with van der Waals surface area (Å²) in [5, 5.41) is 0. The van der Waals surface area contributed by atoms with E-state index in [1.807, 2.05) is 48.5 Å². The summed E-state index contributed by atoms with van der Waals surface area (Å²) in [5.74, 6) is -0.262. The fraction of sp³-hybridized carbons (Fsp3) is 0.130. The van der Waals surface area contributed by atoms with Crippen LogP contribution >= 0.6 is 11.8 Å². The second-order valence-corrected chi connectivity index (χ2v) is 7.10. The van der Waals surface area contributed by atoms with Gasteiger partial charge in [0, 0.05) is 21.8 Å². The first kappa shape index (κ1) is 23.0. The van der Waals surface area contributed by atoms with E-state index in [0.717, 1.165) is 20.2 Å². The molecule has 0 radical (unpaired) electrons. The van der Waals surface area contributed by atoms with Crippen LogP contribution in [0.1, 0.15) is 30.3 Å². The molecule has 142 valence electrons. The van der Waals surface area contributed by atoms with E-state index in [1.54, 1.807) is 30.8 Å². The normalized spacial score (nSPS) is 9.63. The molecule has 0 saturated carbocycles. The molecule has 0 aliphatic heterocycles. The van der Waals surface area contributed by atoms with Crippen LogP contribution in [-0.4, -0.2) is 5.78 Å². The molecule has 3 aromatic carbocycles. The second kappa shape index (κ2) is 11.6. The molecule has 27 heavy (non-hydrogen) atoms. The Morgan fingerprint density at radius 3 is 1.89 bits per heavy atom. The van der Waals surface area contributed by atoms with Gasteiger partial charge >= 0.3 is 0 Å². The molecule has 0 heterocycles. The Morgan fingerprint density at radius 2 is 1.37 bits per heavy atom. The minimum absolute atomic E-state index is 0. The molecule has 0 amide bonds. The summed E-state index contributed by atoms with van der Waals surface area (Å²) in [6.45, 7) is 5.00. The molecule has 0 spiro atoms. The van der Waals surface area contributed by atoms with Crippen LogP contribution in [0.5, 0.6) is 0 Å². The summed E-state index contributed by atoms with van der Waals surface area (Å²) in [6, 6.07) is 21.7. The SMILES string of the molecule is C.O=C(Cc1ccc(F)cc1)c1ccc(Sc2ccc([SH2+])cc2)cc1.[CH2-]C. The third kappa shape index (κ3) is 7.24. The van der Waals surface area contributed by atoms with E-state index in [9.17, 15) is 9.18 Å². The van der Waals surface area contributed by atoms with Crippen molar-refractivity contribution in [1.82, 2.24) is 0 Å². The molecule has 3 aromatic rings. The number of benzene rings is 3. The van der Waals surface area contributed by atoms with Crippen LogP contribution < -0.4 is 0 Å². The van der Waals surface area contributed by atoms with Crippen LogP contribution in [-0.2, 0) is 19.0 Å². The van der Waals surface area contributed by atoms with Gasteiger partial charge in [0.1, 0.15) is 10.7 Å². The van der Waals surface area contributed by atoms with Crippen molar-refractivity contribution in [2.24, 2.45) is 0 Å². The predicted molar refractivity (Wildman–Crippen MR) is 118 cm³/mol. The van der Waals surface area contributed by atoms with Gasteiger partial charge in [0.15, 0.2) is 5.78 Å². The van der Waals surface area contributed by atoms with Crippen LogP contribution in [0.3, 0.4) is 0 Å². The maximum atomic E-state index is 12.9. The van der Waals surface area contributed by atoms with Crippen LogP contribution in [0, 0.1) is 12.7 Å². The van der Waals surface area contributed by atoms with Crippen molar-refractivity contribution in [3.05, 3.63) is 96.7 Å². The fourth-order valence-electron chi connectivity index (χ4n) is 2.26. The lowest BCUT2D eigenvalue weighted by Crippen LogP contribution is -2.03. The van der Waals surface area contributed by atoms with Gasteiger partial charge in [0.25, 0.3) is 0 Å². The van der Waals surface area contributed by atoms with Crippen molar-refractivity contribution in [3.63, 3.8) is 0 Å². The molecular formula is C23H25FOS2. The predicted octanol–water partition coefficient (Wildman–Crippen LogP) is 6.25. The average molecular weight is 401 g/mol. The van der Waals surface area contributed by atoms with Crippen molar-refractivity contribution in [2.75, 3.05) is 0 Å². The van der Waals surface area contributed by atoms with Gasteiger partial charge in [-0.1, -0.05) is 43.5 Å². The van der Waals surface area contributed by atoms with Crippen LogP contribution in [0.25, 0.3) is 0 Å². The highest BCUT2D eigenvalue weighted by Crippen LogP contribution is 2.28. The summed E-state index contributed by atoms with van der Waals surface area (Å²) in [6.07, 6.45) is 0.277. The first-order chi connectivity index (χ1) is 12.6. The van der Waals surface area contributed by atoms with Crippen LogP contribution in [0.15, 0.2) is 87.5 Å². The minimum atomic E-state index is -0.291. The second-order valence-electron chi connectivity index (χ2n) is 5.38. The van der Waals surface area contributed by atoms with Gasteiger partial charge in [-0.3, -0.25) is 4.79 Å². The Morgan fingerprint density at radius 1 is 0.889 bits per heavy atom. The lowest BCUT2D eigenvalue weighted by molar-refractivity contribution is 0.0993. The van der Waals surface area contributed by atoms with Gasteiger partial charge in [0.2, 0.25) is 0 Å². The molecule has 0 N–H and O–H groups in total. The number of carbonyl (C=O) groups is 1. The van der Waals surface area contributed by atoms with E-state index in [0.29, 0.717) is 5.56 Å². The van der Waals surface area contributed by atoms with Crippen LogP contribution in [0.4, 0.5) is 4.39 Å². The summed E-state index contributed by atoms with van der Waals surface area (Å²) >= 11 is 5.12. The number of rotatable bonds is 5. The summed E-state index contributed by atoms with van der Waals surface area (Å²) in [7, 11) is 0. The topological polar surface area (TPSA) is 17.1 Å². The highest BCUT2D eigenvalue weighted by Gasteiger charge is 2.08. The van der Waals surface area contributed by atoms with Crippen molar-refractivity contribution >= 4 is 30.2 Å². The lowest BCUT2D eigenvalue weighted by Gasteiger charge is -2.04. The number of hydrogen-bond donors (Lipinski definition) is 0. The van der Waals surface area contributed by atoms with E-state index in [4.69, 9.17) is 0 Å². The highest BCUT2D eigenvalue weighted by molar-refractivity contribution is 7.99. The zero-order valence-electron chi connectivity index (χ0n) is 14.5.